The third-order valence-corrected chi connectivity index (χ3v) is 2.92. The Bertz CT molecular complexity index is 711. The van der Waals surface area contributed by atoms with E-state index in [9.17, 15) is 4.79 Å². The topological polar surface area (TPSA) is 77.1 Å². The second-order valence-corrected chi connectivity index (χ2v) is 4.30. The molecule has 0 aliphatic carbocycles. The molecule has 0 spiro atoms. The van der Waals surface area contributed by atoms with Gasteiger partial charge < -0.3 is 5.32 Å². The molecule has 0 aromatic carbocycles. The monoisotopic (exact) mass is 270 g/mol. The number of hydrogen-bond donors (Lipinski definition) is 1. The molecule has 7 nitrogen and oxygen atoms in total. The van der Waals surface area contributed by atoms with Gasteiger partial charge >= 0.3 is 0 Å². The van der Waals surface area contributed by atoms with Gasteiger partial charge in [-0.2, -0.15) is 10.2 Å². The van der Waals surface area contributed by atoms with Crippen LogP contribution in [0.4, 0.5) is 0 Å². The first-order valence-corrected chi connectivity index (χ1v) is 6.37. The summed E-state index contributed by atoms with van der Waals surface area (Å²) in [5.41, 5.74) is 1.81. The fraction of sp³-hybridized carbons (Fsp3) is 0.231. The summed E-state index contributed by atoms with van der Waals surface area (Å²) in [7, 11) is 0. The predicted molar refractivity (Wildman–Crippen MR) is 72.1 cm³/mol. The van der Waals surface area contributed by atoms with Gasteiger partial charge in [0, 0.05) is 31.2 Å². The zero-order valence-electron chi connectivity index (χ0n) is 11.0. The van der Waals surface area contributed by atoms with Gasteiger partial charge in [0.15, 0.2) is 11.3 Å². The van der Waals surface area contributed by atoms with Crippen LogP contribution in [0.2, 0.25) is 0 Å². The normalized spacial score (nSPS) is 10.8. The van der Waals surface area contributed by atoms with Gasteiger partial charge in [0.25, 0.3) is 5.91 Å². The smallest absolute Gasteiger partial charge is 0.272 e. The Kier molecular flexibility index (Phi) is 3.16. The molecule has 0 unspecified atom stereocenters. The molecule has 102 valence electrons. The quantitative estimate of drug-likeness (QED) is 0.763. The highest BCUT2D eigenvalue weighted by Crippen LogP contribution is 2.03. The summed E-state index contributed by atoms with van der Waals surface area (Å²) in [6, 6.07) is 5.30. The molecular weight excluding hydrogens is 256 g/mol. The molecule has 20 heavy (non-hydrogen) atoms. The van der Waals surface area contributed by atoms with Crippen LogP contribution < -0.4 is 5.32 Å². The number of fused-ring (bicyclic) bond motifs is 1. The fourth-order valence-corrected chi connectivity index (χ4v) is 1.88. The minimum Gasteiger partial charge on any atom is -0.345 e. The van der Waals surface area contributed by atoms with Crippen LogP contribution in [0.25, 0.3) is 5.65 Å². The molecule has 3 aromatic heterocycles. The van der Waals surface area contributed by atoms with Crippen LogP contribution in [0.5, 0.6) is 0 Å². The molecule has 1 N–H and O–H groups in total. The van der Waals surface area contributed by atoms with Crippen LogP contribution in [0.1, 0.15) is 23.1 Å². The van der Waals surface area contributed by atoms with Crippen LogP contribution in [0.15, 0.2) is 36.8 Å². The van der Waals surface area contributed by atoms with Crippen molar-refractivity contribution in [1.82, 2.24) is 29.7 Å². The van der Waals surface area contributed by atoms with E-state index in [-0.39, 0.29) is 5.91 Å². The summed E-state index contributed by atoms with van der Waals surface area (Å²) < 4.78 is 3.39. The van der Waals surface area contributed by atoms with Crippen molar-refractivity contribution in [3.63, 3.8) is 0 Å². The molecule has 0 aliphatic heterocycles. The zero-order valence-corrected chi connectivity index (χ0v) is 11.0. The van der Waals surface area contributed by atoms with Gasteiger partial charge in [-0.15, -0.1) is 0 Å². The first-order valence-electron chi connectivity index (χ1n) is 6.37. The summed E-state index contributed by atoms with van der Waals surface area (Å²) >= 11 is 0. The summed E-state index contributed by atoms with van der Waals surface area (Å²) in [5.74, 6) is -0.235. The van der Waals surface area contributed by atoms with E-state index < -0.39 is 0 Å². The maximum Gasteiger partial charge on any atom is 0.272 e. The summed E-state index contributed by atoms with van der Waals surface area (Å²) in [4.78, 5) is 16.1. The second-order valence-electron chi connectivity index (χ2n) is 4.30. The average molecular weight is 270 g/mol. The standard InChI is InChI=1S/C13H14N6O/c1-2-18-7-4-10(16-18)9-15-13(20)11-8-12-14-5-3-6-19(12)17-11/h3-8H,2,9H2,1H3,(H,15,20). The van der Waals surface area contributed by atoms with Gasteiger partial charge in [-0.05, 0) is 19.1 Å². The Balaban J connectivity index is 1.69. The highest BCUT2D eigenvalue weighted by Gasteiger charge is 2.11. The van der Waals surface area contributed by atoms with E-state index in [1.165, 1.54) is 0 Å². The molecule has 0 fully saturated rings. The predicted octanol–water partition coefficient (Wildman–Crippen LogP) is 0.876. The van der Waals surface area contributed by atoms with E-state index in [0.717, 1.165) is 12.2 Å². The Morgan fingerprint density at radius 3 is 3.00 bits per heavy atom. The summed E-state index contributed by atoms with van der Waals surface area (Å²) in [6.07, 6.45) is 5.30. The van der Waals surface area contributed by atoms with Crippen molar-refractivity contribution in [1.29, 1.82) is 0 Å². The minimum absolute atomic E-state index is 0.235. The van der Waals surface area contributed by atoms with Gasteiger partial charge in [0.05, 0.1) is 12.2 Å². The van der Waals surface area contributed by atoms with Gasteiger partial charge in [-0.3, -0.25) is 9.48 Å². The summed E-state index contributed by atoms with van der Waals surface area (Å²) in [6.45, 7) is 3.21. The maximum atomic E-state index is 12.0. The van der Waals surface area contributed by atoms with Crippen LogP contribution in [-0.2, 0) is 13.1 Å². The van der Waals surface area contributed by atoms with Gasteiger partial charge in [0.1, 0.15) is 0 Å². The number of nitrogens with one attached hydrogen (secondary N) is 1. The highest BCUT2D eigenvalue weighted by molar-refractivity contribution is 5.93. The molecule has 1 amide bonds. The number of amides is 1. The number of carbonyl (C=O) groups is 1. The molecule has 0 saturated carbocycles. The molecule has 0 bridgehead atoms. The molecule has 3 rings (SSSR count). The SMILES string of the molecule is CCn1ccc(CNC(=O)c2cc3ncccn3n2)n1. The van der Waals surface area contributed by atoms with E-state index in [4.69, 9.17) is 0 Å². The van der Waals surface area contributed by atoms with Gasteiger partial charge in [0.2, 0.25) is 0 Å². The minimum atomic E-state index is -0.235. The van der Waals surface area contributed by atoms with Crippen molar-refractivity contribution in [3.8, 4) is 0 Å². The largest absolute Gasteiger partial charge is 0.345 e. The number of aryl methyl sites for hydroxylation is 1. The highest BCUT2D eigenvalue weighted by atomic mass is 16.1. The molecular formula is C13H14N6O. The lowest BCUT2D eigenvalue weighted by Gasteiger charge is -1.99. The van der Waals surface area contributed by atoms with E-state index in [2.05, 4.69) is 20.5 Å². The van der Waals surface area contributed by atoms with Crippen molar-refractivity contribution in [2.24, 2.45) is 0 Å². The molecule has 0 saturated heterocycles. The number of rotatable bonds is 4. The molecule has 0 aliphatic rings. The molecule has 0 radical (unpaired) electrons. The number of hydrogen-bond acceptors (Lipinski definition) is 4. The van der Waals surface area contributed by atoms with Crippen LogP contribution in [0.3, 0.4) is 0 Å². The first kappa shape index (κ1) is 12.3. The second kappa shape index (κ2) is 5.12. The van der Waals surface area contributed by atoms with Crippen molar-refractivity contribution in [2.45, 2.75) is 20.0 Å². The van der Waals surface area contributed by atoms with Crippen molar-refractivity contribution in [2.75, 3.05) is 0 Å². The maximum absolute atomic E-state index is 12.0. The van der Waals surface area contributed by atoms with E-state index >= 15 is 0 Å². The summed E-state index contributed by atoms with van der Waals surface area (Å²) in [5, 5.41) is 11.3. The molecule has 0 atom stereocenters. The third-order valence-electron chi connectivity index (χ3n) is 2.92. The number of nitrogens with zero attached hydrogens (tertiary/aromatic N) is 5. The lowest BCUT2D eigenvalue weighted by atomic mass is 10.3. The average Bonchev–Trinajstić information content (AvgIpc) is 3.10. The number of carbonyl (C=O) groups excluding carboxylic acids is 1. The third kappa shape index (κ3) is 2.37. The van der Waals surface area contributed by atoms with E-state index in [1.54, 1.807) is 29.0 Å². The Hall–Kier alpha value is -2.70. The van der Waals surface area contributed by atoms with Crippen molar-refractivity contribution < 1.29 is 4.79 Å². The Morgan fingerprint density at radius 2 is 2.25 bits per heavy atom. The lowest BCUT2D eigenvalue weighted by molar-refractivity contribution is 0.0945. The van der Waals surface area contributed by atoms with Gasteiger partial charge in [-0.1, -0.05) is 0 Å². The fourth-order valence-electron chi connectivity index (χ4n) is 1.88. The van der Waals surface area contributed by atoms with Crippen molar-refractivity contribution >= 4 is 11.6 Å². The van der Waals surface area contributed by atoms with Crippen LogP contribution >= 0.6 is 0 Å². The first-order chi connectivity index (χ1) is 9.76. The lowest BCUT2D eigenvalue weighted by Crippen LogP contribution is -2.23. The van der Waals surface area contributed by atoms with Crippen molar-refractivity contribution in [3.05, 3.63) is 48.2 Å². The van der Waals surface area contributed by atoms with Crippen LogP contribution in [-0.4, -0.2) is 30.3 Å². The van der Waals surface area contributed by atoms with Crippen LogP contribution in [0, 0.1) is 0 Å². The van der Waals surface area contributed by atoms with E-state index in [0.29, 0.717) is 17.9 Å². The molecule has 3 aromatic rings. The molecule has 7 heteroatoms. The Labute approximate surface area is 115 Å². The molecule has 3 heterocycles. The van der Waals surface area contributed by atoms with Gasteiger partial charge in [-0.25, -0.2) is 9.50 Å². The van der Waals surface area contributed by atoms with E-state index in [1.807, 2.05) is 23.9 Å². The number of aromatic nitrogens is 5. The zero-order chi connectivity index (χ0) is 13.9. The Morgan fingerprint density at radius 1 is 1.35 bits per heavy atom.